The number of carboxylic acid groups (broad SMARTS) is 1. The maximum atomic E-state index is 12.3. The molecule has 0 amide bonds. The van der Waals surface area contributed by atoms with Gasteiger partial charge in [0.15, 0.2) is 9.84 Å². The molecule has 0 unspecified atom stereocenters. The lowest BCUT2D eigenvalue weighted by Gasteiger charge is -2.16. The van der Waals surface area contributed by atoms with Gasteiger partial charge in [-0.1, -0.05) is 0 Å². The van der Waals surface area contributed by atoms with Crippen molar-refractivity contribution < 1.29 is 26.7 Å². The van der Waals surface area contributed by atoms with Gasteiger partial charge in [-0.2, -0.15) is 4.31 Å². The van der Waals surface area contributed by atoms with E-state index in [0.29, 0.717) is 0 Å². The normalized spacial score (nSPS) is 20.5. The summed E-state index contributed by atoms with van der Waals surface area (Å²) in [6.07, 6.45) is 1.31. The molecule has 0 aromatic heterocycles. The second-order valence-corrected chi connectivity index (χ2v) is 8.88. The molecule has 0 aliphatic carbocycles. The minimum Gasteiger partial charge on any atom is -0.481 e. The van der Waals surface area contributed by atoms with Crippen LogP contribution in [0.5, 0.6) is 0 Å². The van der Waals surface area contributed by atoms with Gasteiger partial charge in [0.05, 0.1) is 15.7 Å². The van der Waals surface area contributed by atoms with E-state index in [1.165, 1.54) is 24.3 Å². The van der Waals surface area contributed by atoms with Crippen LogP contribution in [0.4, 0.5) is 0 Å². The fourth-order valence-corrected chi connectivity index (χ4v) is 4.29. The van der Waals surface area contributed by atoms with Crippen molar-refractivity contribution in [2.45, 2.75) is 16.2 Å². The van der Waals surface area contributed by atoms with Crippen LogP contribution in [0.15, 0.2) is 34.1 Å². The predicted molar refractivity (Wildman–Crippen MR) is 74.1 cm³/mol. The van der Waals surface area contributed by atoms with E-state index in [0.717, 1.165) is 10.6 Å². The zero-order chi connectivity index (χ0) is 15.8. The molecule has 7 nitrogen and oxygen atoms in total. The van der Waals surface area contributed by atoms with Gasteiger partial charge in [-0.15, -0.1) is 0 Å². The first-order valence-corrected chi connectivity index (χ1v) is 9.48. The number of nitrogens with zero attached hydrogens (tertiary/aromatic N) is 1. The van der Waals surface area contributed by atoms with E-state index in [4.69, 9.17) is 5.11 Å². The molecule has 21 heavy (non-hydrogen) atoms. The van der Waals surface area contributed by atoms with E-state index in [-0.39, 0.29) is 29.3 Å². The zero-order valence-corrected chi connectivity index (χ0v) is 12.9. The lowest BCUT2D eigenvalue weighted by Crippen LogP contribution is -2.30. The third-order valence-electron chi connectivity index (χ3n) is 3.39. The molecule has 1 saturated heterocycles. The Hall–Kier alpha value is -1.45. The summed E-state index contributed by atoms with van der Waals surface area (Å²) in [5, 5.41) is 8.91. The Morgan fingerprint density at radius 3 is 2.10 bits per heavy atom. The van der Waals surface area contributed by atoms with Crippen LogP contribution in [0.1, 0.15) is 6.42 Å². The Morgan fingerprint density at radius 1 is 1.14 bits per heavy atom. The number of hydrogen-bond donors (Lipinski definition) is 1. The number of carbonyl (C=O) groups is 1. The van der Waals surface area contributed by atoms with Gasteiger partial charge in [0, 0.05) is 19.3 Å². The van der Waals surface area contributed by atoms with E-state index < -0.39 is 31.7 Å². The monoisotopic (exact) mass is 333 g/mol. The van der Waals surface area contributed by atoms with E-state index in [9.17, 15) is 21.6 Å². The van der Waals surface area contributed by atoms with Crippen molar-refractivity contribution >= 4 is 25.8 Å². The minimum absolute atomic E-state index is 0.0336. The molecule has 1 heterocycles. The van der Waals surface area contributed by atoms with Crippen molar-refractivity contribution in [1.29, 1.82) is 0 Å². The van der Waals surface area contributed by atoms with E-state index in [1.807, 2.05) is 0 Å². The number of hydrogen-bond acceptors (Lipinski definition) is 5. The van der Waals surface area contributed by atoms with Gasteiger partial charge in [-0.25, -0.2) is 16.8 Å². The Bertz CT molecular complexity index is 751. The van der Waals surface area contributed by atoms with Crippen molar-refractivity contribution in [3.05, 3.63) is 24.3 Å². The van der Waals surface area contributed by atoms with Crippen molar-refractivity contribution in [3.63, 3.8) is 0 Å². The van der Waals surface area contributed by atoms with E-state index in [2.05, 4.69) is 0 Å². The van der Waals surface area contributed by atoms with Crippen molar-refractivity contribution in [3.8, 4) is 0 Å². The largest absolute Gasteiger partial charge is 0.481 e. The first-order chi connectivity index (χ1) is 9.62. The average Bonchev–Trinajstić information content (AvgIpc) is 2.88. The summed E-state index contributed by atoms with van der Waals surface area (Å²) < 4.78 is 48.5. The highest BCUT2D eigenvalue weighted by atomic mass is 32.2. The number of carboxylic acids is 1. The summed E-state index contributed by atoms with van der Waals surface area (Å²) >= 11 is 0. The predicted octanol–water partition coefficient (Wildman–Crippen LogP) is 0.185. The lowest BCUT2D eigenvalue weighted by molar-refractivity contribution is -0.141. The molecule has 1 N–H and O–H groups in total. The summed E-state index contributed by atoms with van der Waals surface area (Å²) in [5.74, 6) is -1.71. The highest BCUT2D eigenvalue weighted by Gasteiger charge is 2.35. The summed E-state index contributed by atoms with van der Waals surface area (Å²) in [4.78, 5) is 10.9. The molecule has 0 bridgehead atoms. The van der Waals surface area contributed by atoms with Crippen LogP contribution < -0.4 is 0 Å². The molecule has 9 heteroatoms. The summed E-state index contributed by atoms with van der Waals surface area (Å²) in [6.45, 7) is 0.0820. The summed E-state index contributed by atoms with van der Waals surface area (Å²) in [6, 6.07) is 4.90. The Kier molecular flexibility index (Phi) is 4.09. The second kappa shape index (κ2) is 5.39. The molecule has 1 aliphatic heterocycles. The molecule has 0 saturated carbocycles. The molecular formula is C12H15NO6S2. The standard InChI is InChI=1S/C12H15NO6S2/c1-20(16,17)10-2-4-11(5-3-10)21(18,19)13-7-6-9(8-13)12(14)15/h2-5,9H,6-8H2,1H3,(H,14,15)/t9-/m1/s1. The average molecular weight is 333 g/mol. The molecular weight excluding hydrogens is 318 g/mol. The number of sulfonamides is 1. The molecule has 116 valence electrons. The van der Waals surface area contributed by atoms with Crippen LogP contribution in [0.2, 0.25) is 0 Å². The molecule has 2 rings (SSSR count). The molecule has 1 aliphatic rings. The summed E-state index contributed by atoms with van der Waals surface area (Å²) in [5.41, 5.74) is 0. The smallest absolute Gasteiger partial charge is 0.307 e. The SMILES string of the molecule is CS(=O)(=O)c1ccc(S(=O)(=O)N2CC[C@@H](C(=O)O)C2)cc1. The number of benzene rings is 1. The second-order valence-electron chi connectivity index (χ2n) is 4.93. The van der Waals surface area contributed by atoms with Crippen molar-refractivity contribution in [2.75, 3.05) is 19.3 Å². The quantitative estimate of drug-likeness (QED) is 0.842. The Labute approximate surface area is 123 Å². The lowest BCUT2D eigenvalue weighted by atomic mass is 10.1. The van der Waals surface area contributed by atoms with Crippen LogP contribution in [-0.2, 0) is 24.7 Å². The fourth-order valence-electron chi connectivity index (χ4n) is 2.16. The molecule has 1 fully saturated rings. The maximum Gasteiger partial charge on any atom is 0.307 e. The van der Waals surface area contributed by atoms with Gasteiger partial charge in [-0.05, 0) is 30.7 Å². The summed E-state index contributed by atoms with van der Waals surface area (Å²) in [7, 11) is -7.18. The number of aliphatic carboxylic acids is 1. The molecule has 0 radical (unpaired) electrons. The van der Waals surface area contributed by atoms with E-state index >= 15 is 0 Å². The third-order valence-corrected chi connectivity index (χ3v) is 6.40. The first kappa shape index (κ1) is 15.9. The van der Waals surface area contributed by atoms with Crippen LogP contribution in [-0.4, -0.2) is 51.6 Å². The molecule has 1 aromatic rings. The molecule has 1 aromatic carbocycles. The number of sulfone groups is 1. The first-order valence-electron chi connectivity index (χ1n) is 6.15. The maximum absolute atomic E-state index is 12.3. The minimum atomic E-state index is -3.79. The highest BCUT2D eigenvalue weighted by molar-refractivity contribution is 7.90. The highest BCUT2D eigenvalue weighted by Crippen LogP contribution is 2.25. The zero-order valence-electron chi connectivity index (χ0n) is 11.3. The third kappa shape index (κ3) is 3.25. The topological polar surface area (TPSA) is 109 Å². The van der Waals surface area contributed by atoms with Crippen LogP contribution in [0.25, 0.3) is 0 Å². The number of rotatable bonds is 4. The van der Waals surface area contributed by atoms with Gasteiger partial charge >= 0.3 is 5.97 Å². The Morgan fingerprint density at radius 2 is 1.67 bits per heavy atom. The van der Waals surface area contributed by atoms with Gasteiger partial charge in [0.25, 0.3) is 0 Å². The Balaban J connectivity index is 2.27. The fraction of sp³-hybridized carbons (Fsp3) is 0.417. The van der Waals surface area contributed by atoms with Crippen LogP contribution in [0.3, 0.4) is 0 Å². The van der Waals surface area contributed by atoms with Crippen molar-refractivity contribution in [2.24, 2.45) is 5.92 Å². The molecule has 0 spiro atoms. The molecule has 1 atom stereocenters. The van der Waals surface area contributed by atoms with Gasteiger partial charge in [0.1, 0.15) is 0 Å². The van der Waals surface area contributed by atoms with E-state index in [1.54, 1.807) is 0 Å². The van der Waals surface area contributed by atoms with Crippen molar-refractivity contribution in [1.82, 2.24) is 4.31 Å². The van der Waals surface area contributed by atoms with Crippen LogP contribution >= 0.6 is 0 Å². The van der Waals surface area contributed by atoms with Gasteiger partial charge < -0.3 is 5.11 Å². The van der Waals surface area contributed by atoms with Gasteiger partial charge in [-0.3, -0.25) is 4.79 Å². The van der Waals surface area contributed by atoms with Crippen LogP contribution in [0, 0.1) is 5.92 Å². The van der Waals surface area contributed by atoms with Gasteiger partial charge in [0.2, 0.25) is 10.0 Å².